The van der Waals surface area contributed by atoms with Crippen molar-refractivity contribution in [3.8, 4) is 0 Å². The number of hydrogen-bond donors (Lipinski definition) is 0. The van der Waals surface area contributed by atoms with Gasteiger partial charge in [0.05, 0.1) is 0 Å². The van der Waals surface area contributed by atoms with E-state index in [1.54, 1.807) is 4.90 Å². The van der Waals surface area contributed by atoms with E-state index in [1.807, 2.05) is 36.7 Å². The minimum absolute atomic E-state index is 0.677. The van der Waals surface area contributed by atoms with Crippen LogP contribution in [0.25, 0.3) is 0 Å². The second-order valence-corrected chi connectivity index (χ2v) is 4.06. The van der Waals surface area contributed by atoms with E-state index in [2.05, 4.69) is 6.92 Å². The van der Waals surface area contributed by atoms with E-state index in [4.69, 9.17) is 0 Å². The monoisotopic (exact) mass is 218 g/mol. The lowest BCUT2D eigenvalue weighted by Gasteiger charge is -2.15. The second-order valence-electron chi connectivity index (χ2n) is 4.06. The Morgan fingerprint density at radius 2 is 1.88 bits per heavy atom. The van der Waals surface area contributed by atoms with Gasteiger partial charge in [0.15, 0.2) is 0 Å². The molecule has 0 unspecified atom stereocenters. The lowest BCUT2D eigenvalue weighted by atomic mass is 10.2. The minimum Gasteiger partial charge on any atom is -0.330 e. The van der Waals surface area contributed by atoms with Gasteiger partial charge in [-0.15, -0.1) is 0 Å². The van der Waals surface area contributed by atoms with Gasteiger partial charge in [0.25, 0.3) is 0 Å². The van der Waals surface area contributed by atoms with E-state index in [-0.39, 0.29) is 0 Å². The summed E-state index contributed by atoms with van der Waals surface area (Å²) in [6, 6.07) is 10.1. The quantitative estimate of drug-likeness (QED) is 0.485. The minimum atomic E-state index is 0.677. The number of unbranched alkanes of at least 4 members (excludes halogenated alkanes) is 3. The average molecular weight is 218 g/mol. The highest BCUT2D eigenvalue weighted by Crippen LogP contribution is 2.05. The normalized spacial score (nSPS) is 10.1. The fraction of sp³-hybridized carbons (Fsp3) is 0.500. The van der Waals surface area contributed by atoms with Crippen LogP contribution < -0.4 is 0 Å². The molecule has 0 N–H and O–H groups in total. The molecule has 1 rings (SSSR count). The Kier molecular flexibility index (Phi) is 6.31. The maximum absolute atomic E-state index is 10.8. The number of hydrogen-bond acceptors (Lipinski definition) is 1. The highest BCUT2D eigenvalue weighted by Gasteiger charge is 2.03. The van der Waals surface area contributed by atoms with Gasteiger partial charge in [-0.25, -0.2) is 0 Å². The molecule has 0 aliphatic carbocycles. The van der Waals surface area contributed by atoms with Crippen molar-refractivity contribution in [2.75, 3.05) is 6.54 Å². The number of nitrogens with zero attached hydrogens (tertiary/aromatic N) is 1. The lowest BCUT2D eigenvalue weighted by Crippen LogP contribution is -2.22. The summed E-state index contributed by atoms with van der Waals surface area (Å²) >= 11 is 0. The third-order valence-electron chi connectivity index (χ3n) is 2.63. The Bertz CT molecular complexity index is 284. The van der Waals surface area contributed by atoms with Crippen LogP contribution >= 0.6 is 0 Å². The highest BCUT2D eigenvalue weighted by molar-refractivity contribution is 5.48. The van der Waals surface area contributed by atoms with Crippen LogP contribution in [0.3, 0.4) is 0 Å². The number of rotatable bonds is 8. The van der Waals surface area contributed by atoms with Crippen molar-refractivity contribution in [2.45, 2.75) is 39.2 Å². The van der Waals surface area contributed by atoms with Gasteiger partial charge < -0.3 is 4.90 Å². The predicted octanol–water partition coefficient (Wildman–Crippen LogP) is 3.14. The van der Waals surface area contributed by atoms with E-state index in [9.17, 15) is 4.79 Å². The molecule has 0 saturated carbocycles. The molecule has 0 aromatic heterocycles. The molecule has 1 aromatic carbocycles. The molecule has 0 aliphatic rings. The molecular formula is C14H20NO. The third kappa shape index (κ3) is 4.96. The Morgan fingerprint density at radius 1 is 1.12 bits per heavy atom. The first-order valence-corrected chi connectivity index (χ1v) is 6.03. The van der Waals surface area contributed by atoms with Gasteiger partial charge in [-0.3, -0.25) is 4.79 Å². The van der Waals surface area contributed by atoms with Crippen LogP contribution in [-0.4, -0.2) is 17.9 Å². The Morgan fingerprint density at radius 3 is 2.50 bits per heavy atom. The van der Waals surface area contributed by atoms with Gasteiger partial charge in [0, 0.05) is 13.1 Å². The van der Waals surface area contributed by atoms with Crippen LogP contribution in [0.4, 0.5) is 0 Å². The Balaban J connectivity index is 2.29. The topological polar surface area (TPSA) is 20.3 Å². The van der Waals surface area contributed by atoms with Crippen LogP contribution in [0.15, 0.2) is 30.3 Å². The maximum atomic E-state index is 10.8. The molecule has 16 heavy (non-hydrogen) atoms. The maximum Gasteiger partial charge on any atom is 0.312 e. The Hall–Kier alpha value is -1.31. The first-order valence-electron chi connectivity index (χ1n) is 6.03. The van der Waals surface area contributed by atoms with Gasteiger partial charge in [0.2, 0.25) is 0 Å². The molecule has 0 saturated heterocycles. The van der Waals surface area contributed by atoms with Gasteiger partial charge >= 0.3 is 6.41 Å². The first-order chi connectivity index (χ1) is 7.86. The second kappa shape index (κ2) is 7.91. The van der Waals surface area contributed by atoms with Crippen molar-refractivity contribution in [1.82, 2.24) is 4.90 Å². The van der Waals surface area contributed by atoms with Gasteiger partial charge in [-0.05, 0) is 12.0 Å². The molecule has 0 fully saturated rings. The molecule has 87 valence electrons. The van der Waals surface area contributed by atoms with Crippen molar-refractivity contribution in [2.24, 2.45) is 0 Å². The fourth-order valence-corrected chi connectivity index (χ4v) is 1.69. The van der Waals surface area contributed by atoms with E-state index >= 15 is 0 Å². The Labute approximate surface area is 98.3 Å². The molecule has 2 nitrogen and oxygen atoms in total. The van der Waals surface area contributed by atoms with Crippen LogP contribution in [0.2, 0.25) is 0 Å². The van der Waals surface area contributed by atoms with Gasteiger partial charge in [-0.1, -0.05) is 56.5 Å². The summed E-state index contributed by atoms with van der Waals surface area (Å²) in [6.45, 7) is 3.68. The fourth-order valence-electron chi connectivity index (χ4n) is 1.69. The average Bonchev–Trinajstić information content (AvgIpc) is 2.34. The molecule has 0 heterocycles. The third-order valence-corrected chi connectivity index (χ3v) is 2.63. The predicted molar refractivity (Wildman–Crippen MR) is 66.7 cm³/mol. The van der Waals surface area contributed by atoms with E-state index in [0.717, 1.165) is 13.0 Å². The molecule has 0 spiro atoms. The SMILES string of the molecule is CCCCCCN([C]=O)Cc1ccccc1. The summed E-state index contributed by atoms with van der Waals surface area (Å²) < 4.78 is 0. The van der Waals surface area contributed by atoms with Crippen molar-refractivity contribution < 1.29 is 4.79 Å². The number of benzene rings is 1. The van der Waals surface area contributed by atoms with Gasteiger partial charge in [-0.2, -0.15) is 0 Å². The molecule has 2 heteroatoms. The van der Waals surface area contributed by atoms with Crippen LogP contribution in [0.5, 0.6) is 0 Å². The summed E-state index contributed by atoms with van der Waals surface area (Å²) in [5.41, 5.74) is 1.17. The summed E-state index contributed by atoms with van der Waals surface area (Å²) in [6.07, 6.45) is 6.76. The molecular weight excluding hydrogens is 198 g/mol. The van der Waals surface area contributed by atoms with E-state index in [0.29, 0.717) is 6.54 Å². The zero-order chi connectivity index (χ0) is 11.6. The van der Waals surface area contributed by atoms with Crippen LogP contribution in [-0.2, 0) is 11.3 Å². The van der Waals surface area contributed by atoms with Crippen molar-refractivity contribution in [3.63, 3.8) is 0 Å². The summed E-state index contributed by atoms with van der Waals surface area (Å²) in [7, 11) is 0. The van der Waals surface area contributed by atoms with E-state index in [1.165, 1.54) is 24.8 Å². The largest absolute Gasteiger partial charge is 0.330 e. The summed E-state index contributed by atoms with van der Waals surface area (Å²) in [4.78, 5) is 12.5. The van der Waals surface area contributed by atoms with Crippen LogP contribution in [0.1, 0.15) is 38.2 Å². The van der Waals surface area contributed by atoms with E-state index < -0.39 is 0 Å². The van der Waals surface area contributed by atoms with Crippen molar-refractivity contribution >= 4 is 6.41 Å². The summed E-state index contributed by atoms with van der Waals surface area (Å²) in [5.74, 6) is 0. The van der Waals surface area contributed by atoms with Crippen molar-refractivity contribution in [1.29, 1.82) is 0 Å². The summed E-state index contributed by atoms with van der Waals surface area (Å²) in [5, 5.41) is 0. The van der Waals surface area contributed by atoms with Crippen LogP contribution in [0, 0.1) is 0 Å². The molecule has 0 aliphatic heterocycles. The standard InChI is InChI=1S/C14H20NO/c1-2-3-4-8-11-15(13-16)12-14-9-6-5-7-10-14/h5-7,9-10H,2-4,8,11-12H2,1H3. The zero-order valence-corrected chi connectivity index (χ0v) is 9.98. The highest BCUT2D eigenvalue weighted by atomic mass is 16.1. The molecule has 0 atom stereocenters. The molecule has 0 bridgehead atoms. The smallest absolute Gasteiger partial charge is 0.312 e. The lowest BCUT2D eigenvalue weighted by molar-refractivity contribution is 0.362. The van der Waals surface area contributed by atoms with Gasteiger partial charge in [0.1, 0.15) is 0 Å². The first kappa shape index (κ1) is 12.8. The molecule has 1 radical (unpaired) electrons. The van der Waals surface area contributed by atoms with Crippen molar-refractivity contribution in [3.05, 3.63) is 35.9 Å². The zero-order valence-electron chi connectivity index (χ0n) is 9.98. The number of carbonyl (C=O) groups excluding carboxylic acids is 1. The molecule has 1 amide bonds. The molecule has 1 aromatic rings. The number of amides is 1.